The summed E-state index contributed by atoms with van der Waals surface area (Å²) in [6.45, 7) is 4.40. The number of likely N-dealkylation sites (N-methyl/N-ethyl adjacent to an activating group) is 1. The maximum Gasteiger partial charge on any atom is 0.243 e. The average Bonchev–Trinajstić information content (AvgIpc) is 2.65. The highest BCUT2D eigenvalue weighted by atomic mass is 35.5. The van der Waals surface area contributed by atoms with E-state index in [2.05, 4.69) is 5.32 Å². The van der Waals surface area contributed by atoms with E-state index >= 15 is 0 Å². The molecule has 0 unspecified atom stereocenters. The molecule has 2 aromatic carbocycles. The highest BCUT2D eigenvalue weighted by Crippen LogP contribution is 2.21. The molecule has 1 amide bonds. The van der Waals surface area contributed by atoms with E-state index in [0.29, 0.717) is 29.4 Å². The SMILES string of the molecule is CCN(CC)S(=O)(=O)c1cccc(NC(=O)CN(C)Cc2c(F)cccc2Cl)c1. The number of sulfonamides is 1. The highest BCUT2D eigenvalue weighted by molar-refractivity contribution is 7.89. The van der Waals surface area contributed by atoms with Gasteiger partial charge in [-0.05, 0) is 37.4 Å². The van der Waals surface area contributed by atoms with Crippen LogP contribution in [0.15, 0.2) is 47.4 Å². The molecule has 0 saturated heterocycles. The van der Waals surface area contributed by atoms with E-state index in [-0.39, 0.29) is 23.9 Å². The van der Waals surface area contributed by atoms with E-state index in [1.807, 2.05) is 0 Å². The first-order chi connectivity index (χ1) is 13.7. The molecule has 2 aromatic rings. The Morgan fingerprint density at radius 1 is 1.14 bits per heavy atom. The number of rotatable bonds is 9. The lowest BCUT2D eigenvalue weighted by molar-refractivity contribution is -0.117. The van der Waals surface area contributed by atoms with Crippen LogP contribution < -0.4 is 5.32 Å². The quantitative estimate of drug-likeness (QED) is 0.645. The molecule has 0 aliphatic carbocycles. The van der Waals surface area contributed by atoms with Crippen LogP contribution in [0.1, 0.15) is 19.4 Å². The smallest absolute Gasteiger partial charge is 0.243 e. The number of hydrogen-bond donors (Lipinski definition) is 1. The molecule has 0 heterocycles. The van der Waals surface area contributed by atoms with Crippen LogP contribution in [0, 0.1) is 5.82 Å². The van der Waals surface area contributed by atoms with Crippen molar-refractivity contribution in [1.29, 1.82) is 0 Å². The second-order valence-corrected chi connectivity index (χ2v) is 8.88. The average molecular weight is 442 g/mol. The third-order valence-corrected chi connectivity index (χ3v) is 6.76. The van der Waals surface area contributed by atoms with Crippen molar-refractivity contribution in [2.24, 2.45) is 0 Å². The first-order valence-corrected chi connectivity index (χ1v) is 11.0. The van der Waals surface area contributed by atoms with Gasteiger partial charge in [-0.2, -0.15) is 4.31 Å². The minimum absolute atomic E-state index is 0.0162. The second kappa shape index (κ2) is 10.2. The van der Waals surface area contributed by atoms with Crippen molar-refractivity contribution in [3.8, 4) is 0 Å². The van der Waals surface area contributed by atoms with Gasteiger partial charge in [0.1, 0.15) is 5.82 Å². The Kier molecular flexibility index (Phi) is 8.15. The molecule has 0 aliphatic heterocycles. The van der Waals surface area contributed by atoms with Crippen LogP contribution in [-0.4, -0.2) is 50.2 Å². The van der Waals surface area contributed by atoms with E-state index in [1.165, 1.54) is 28.6 Å². The minimum Gasteiger partial charge on any atom is -0.325 e. The van der Waals surface area contributed by atoms with Gasteiger partial charge >= 0.3 is 0 Å². The number of anilines is 1. The van der Waals surface area contributed by atoms with E-state index < -0.39 is 15.8 Å². The molecule has 0 spiro atoms. The summed E-state index contributed by atoms with van der Waals surface area (Å²) in [5.74, 6) is -0.781. The van der Waals surface area contributed by atoms with Crippen LogP contribution in [-0.2, 0) is 21.4 Å². The van der Waals surface area contributed by atoms with Crippen LogP contribution in [0.4, 0.5) is 10.1 Å². The first-order valence-electron chi connectivity index (χ1n) is 9.20. The van der Waals surface area contributed by atoms with Gasteiger partial charge in [0.05, 0.1) is 11.4 Å². The molecule has 0 bridgehead atoms. The zero-order chi connectivity index (χ0) is 21.6. The zero-order valence-electron chi connectivity index (χ0n) is 16.7. The van der Waals surface area contributed by atoms with Gasteiger partial charge in [0, 0.05) is 35.9 Å². The van der Waals surface area contributed by atoms with Crippen LogP contribution in [0.2, 0.25) is 5.02 Å². The molecule has 0 fully saturated rings. The standard InChI is InChI=1S/C20H25ClFN3O3S/c1-4-25(5-2)29(27,28)16-9-6-8-15(12-16)23-20(26)14-24(3)13-17-18(21)10-7-11-19(17)22/h6-12H,4-5,13-14H2,1-3H3,(H,23,26). The summed E-state index contributed by atoms with van der Waals surface area (Å²) in [4.78, 5) is 14.1. The van der Waals surface area contributed by atoms with Gasteiger partial charge in [0.15, 0.2) is 0 Å². The van der Waals surface area contributed by atoms with Gasteiger partial charge in [-0.25, -0.2) is 12.8 Å². The van der Waals surface area contributed by atoms with Crippen molar-refractivity contribution >= 4 is 33.2 Å². The molecular weight excluding hydrogens is 417 g/mol. The molecule has 9 heteroatoms. The number of carbonyl (C=O) groups is 1. The van der Waals surface area contributed by atoms with Gasteiger partial charge < -0.3 is 5.32 Å². The first kappa shape index (κ1) is 23.3. The summed E-state index contributed by atoms with van der Waals surface area (Å²) in [5.41, 5.74) is 0.692. The minimum atomic E-state index is -3.62. The summed E-state index contributed by atoms with van der Waals surface area (Å²) >= 11 is 6.02. The number of nitrogens with zero attached hydrogens (tertiary/aromatic N) is 2. The molecule has 0 atom stereocenters. The summed E-state index contributed by atoms with van der Waals surface area (Å²) in [5, 5.41) is 2.98. The third-order valence-electron chi connectivity index (χ3n) is 4.36. The van der Waals surface area contributed by atoms with Crippen molar-refractivity contribution in [1.82, 2.24) is 9.21 Å². The van der Waals surface area contributed by atoms with Crippen LogP contribution in [0.25, 0.3) is 0 Å². The maximum absolute atomic E-state index is 13.9. The Labute approximate surface area is 176 Å². The fraction of sp³-hybridized carbons (Fsp3) is 0.350. The fourth-order valence-corrected chi connectivity index (χ4v) is 4.63. The van der Waals surface area contributed by atoms with Crippen molar-refractivity contribution in [3.05, 3.63) is 58.9 Å². The molecule has 0 radical (unpaired) electrons. The number of nitrogens with one attached hydrogen (secondary N) is 1. The van der Waals surface area contributed by atoms with Crippen molar-refractivity contribution < 1.29 is 17.6 Å². The number of hydrogen-bond acceptors (Lipinski definition) is 4. The largest absolute Gasteiger partial charge is 0.325 e. The zero-order valence-corrected chi connectivity index (χ0v) is 18.2. The van der Waals surface area contributed by atoms with Gasteiger partial charge in [0.25, 0.3) is 0 Å². The second-order valence-electron chi connectivity index (χ2n) is 6.54. The summed E-state index contributed by atoms with van der Waals surface area (Å²) < 4.78 is 40.5. The summed E-state index contributed by atoms with van der Waals surface area (Å²) in [7, 11) is -1.95. The molecule has 0 aliphatic rings. The highest BCUT2D eigenvalue weighted by Gasteiger charge is 2.22. The third kappa shape index (κ3) is 5.99. The summed E-state index contributed by atoms with van der Waals surface area (Å²) in [6.07, 6.45) is 0. The molecular formula is C20H25ClFN3O3S. The van der Waals surface area contributed by atoms with Gasteiger partial charge in [-0.1, -0.05) is 37.6 Å². The lowest BCUT2D eigenvalue weighted by Crippen LogP contribution is -2.31. The normalized spacial score (nSPS) is 11.8. The summed E-state index contributed by atoms with van der Waals surface area (Å²) in [6, 6.07) is 10.6. The Morgan fingerprint density at radius 3 is 2.41 bits per heavy atom. The van der Waals surface area contributed by atoms with E-state index in [9.17, 15) is 17.6 Å². The Bertz CT molecular complexity index is 945. The van der Waals surface area contributed by atoms with Crippen molar-refractivity contribution in [2.45, 2.75) is 25.3 Å². The van der Waals surface area contributed by atoms with E-state index in [0.717, 1.165) is 0 Å². The molecule has 2 rings (SSSR count). The van der Waals surface area contributed by atoms with Crippen molar-refractivity contribution in [3.63, 3.8) is 0 Å². The van der Waals surface area contributed by atoms with E-state index in [4.69, 9.17) is 11.6 Å². The van der Waals surface area contributed by atoms with Crippen LogP contribution in [0.5, 0.6) is 0 Å². The Hall–Kier alpha value is -2.00. The Balaban J connectivity index is 2.06. The molecule has 29 heavy (non-hydrogen) atoms. The molecule has 1 N–H and O–H groups in total. The lowest BCUT2D eigenvalue weighted by Gasteiger charge is -2.19. The molecule has 6 nitrogen and oxygen atoms in total. The fourth-order valence-electron chi connectivity index (χ4n) is 2.90. The van der Waals surface area contributed by atoms with Gasteiger partial charge in [-0.3, -0.25) is 9.69 Å². The number of carbonyl (C=O) groups excluding carboxylic acids is 1. The van der Waals surface area contributed by atoms with Gasteiger partial charge in [-0.15, -0.1) is 0 Å². The van der Waals surface area contributed by atoms with Crippen LogP contribution in [0.3, 0.4) is 0 Å². The number of halogens is 2. The monoisotopic (exact) mass is 441 g/mol. The van der Waals surface area contributed by atoms with Gasteiger partial charge in [0.2, 0.25) is 15.9 Å². The lowest BCUT2D eigenvalue weighted by atomic mass is 10.2. The number of amides is 1. The van der Waals surface area contributed by atoms with Crippen molar-refractivity contribution in [2.75, 3.05) is 32.0 Å². The number of benzene rings is 2. The predicted molar refractivity (Wildman–Crippen MR) is 113 cm³/mol. The maximum atomic E-state index is 13.9. The van der Waals surface area contributed by atoms with E-state index in [1.54, 1.807) is 44.0 Å². The Morgan fingerprint density at radius 2 is 1.79 bits per heavy atom. The molecule has 0 aromatic heterocycles. The predicted octanol–water partition coefficient (Wildman–Crippen LogP) is 3.58. The molecule has 158 valence electrons. The molecule has 0 saturated carbocycles. The van der Waals surface area contributed by atoms with Crippen LogP contribution >= 0.6 is 11.6 Å². The topological polar surface area (TPSA) is 69.7 Å².